The first-order valence-corrected chi connectivity index (χ1v) is 10.1. The van der Waals surface area contributed by atoms with Gasteiger partial charge in [0.2, 0.25) is 10.0 Å². The average Bonchev–Trinajstić information content (AvgIpc) is 2.54. The molecule has 1 aromatic carbocycles. The van der Waals surface area contributed by atoms with Crippen molar-refractivity contribution in [2.75, 3.05) is 0 Å². The van der Waals surface area contributed by atoms with Gasteiger partial charge in [0, 0.05) is 12.2 Å². The van der Waals surface area contributed by atoms with Crippen molar-refractivity contribution >= 4 is 39.1 Å². The zero-order valence-electron chi connectivity index (χ0n) is 14.5. The van der Waals surface area contributed by atoms with Gasteiger partial charge in [-0.2, -0.15) is 0 Å². The van der Waals surface area contributed by atoms with Crippen LogP contribution in [-0.4, -0.2) is 25.4 Å². The summed E-state index contributed by atoms with van der Waals surface area (Å²) >= 11 is 12.3. The number of benzene rings is 1. The van der Waals surface area contributed by atoms with Crippen LogP contribution in [-0.2, 0) is 10.0 Å². The first-order chi connectivity index (χ1) is 12.1. The molecule has 2 N–H and O–H groups in total. The number of hydrogen-bond donors (Lipinski definition) is 2. The predicted molar refractivity (Wildman–Crippen MR) is 102 cm³/mol. The summed E-state index contributed by atoms with van der Waals surface area (Å²) < 4.78 is 27.3. The van der Waals surface area contributed by atoms with Gasteiger partial charge in [0.15, 0.2) is 0 Å². The van der Waals surface area contributed by atoms with Gasteiger partial charge < -0.3 is 5.32 Å². The van der Waals surface area contributed by atoms with E-state index in [0.29, 0.717) is 5.69 Å². The molecule has 6 nitrogen and oxygen atoms in total. The summed E-state index contributed by atoms with van der Waals surface area (Å²) in [5.74, 6) is -0.584. The van der Waals surface area contributed by atoms with Gasteiger partial charge in [0.25, 0.3) is 5.91 Å². The predicted octanol–water partition coefficient (Wildman–Crippen LogP) is 3.57. The molecule has 0 aliphatic rings. The van der Waals surface area contributed by atoms with Crippen LogP contribution in [0.5, 0.6) is 0 Å². The van der Waals surface area contributed by atoms with E-state index in [0.717, 1.165) is 0 Å². The van der Waals surface area contributed by atoms with Crippen molar-refractivity contribution in [2.24, 2.45) is 0 Å². The van der Waals surface area contributed by atoms with Crippen LogP contribution in [0, 0.1) is 0 Å². The van der Waals surface area contributed by atoms with Gasteiger partial charge in [-0.3, -0.25) is 9.78 Å². The number of sulfonamides is 1. The van der Waals surface area contributed by atoms with Crippen LogP contribution in [0.3, 0.4) is 0 Å². The zero-order chi connectivity index (χ0) is 19.5. The van der Waals surface area contributed by atoms with Gasteiger partial charge in [0.1, 0.15) is 4.90 Å². The Labute approximate surface area is 163 Å². The van der Waals surface area contributed by atoms with Crippen LogP contribution >= 0.6 is 23.2 Å². The third-order valence-electron chi connectivity index (χ3n) is 3.44. The van der Waals surface area contributed by atoms with Crippen molar-refractivity contribution in [2.45, 2.75) is 37.8 Å². The van der Waals surface area contributed by atoms with Crippen LogP contribution < -0.4 is 10.0 Å². The fourth-order valence-electron chi connectivity index (χ4n) is 2.30. The van der Waals surface area contributed by atoms with E-state index >= 15 is 0 Å². The Morgan fingerprint density at radius 1 is 1.12 bits per heavy atom. The molecular formula is C17H19Cl2N3O3S. The Morgan fingerprint density at radius 2 is 1.81 bits per heavy atom. The number of carbonyl (C=O) groups is 1. The third-order valence-corrected chi connectivity index (χ3v) is 5.96. The van der Waals surface area contributed by atoms with Crippen LogP contribution in [0.2, 0.25) is 10.0 Å². The molecule has 1 amide bonds. The molecule has 0 spiro atoms. The van der Waals surface area contributed by atoms with Crippen LogP contribution in [0.25, 0.3) is 0 Å². The highest BCUT2D eigenvalue weighted by atomic mass is 35.5. The standard InChI is InChI=1S/C17H19Cl2N3O3S/c1-10(2)22-26(24,25)14-8-7-12(18)15(16(14)19)17(23)21-11(3)13-6-4-5-9-20-13/h4-11,22H,1-3H3,(H,21,23)/t11-/m1/s1. The lowest BCUT2D eigenvalue weighted by Gasteiger charge is -2.17. The van der Waals surface area contributed by atoms with Crippen molar-refractivity contribution in [1.29, 1.82) is 0 Å². The van der Waals surface area contributed by atoms with Gasteiger partial charge in [-0.05, 0) is 45.0 Å². The van der Waals surface area contributed by atoms with Crippen molar-refractivity contribution in [1.82, 2.24) is 15.0 Å². The monoisotopic (exact) mass is 415 g/mol. The fourth-order valence-corrected chi connectivity index (χ4v) is 4.48. The molecule has 1 aromatic heterocycles. The highest BCUT2D eigenvalue weighted by Gasteiger charge is 2.26. The summed E-state index contributed by atoms with van der Waals surface area (Å²) in [6, 6.07) is 7.20. The number of amides is 1. The quantitative estimate of drug-likeness (QED) is 0.754. The summed E-state index contributed by atoms with van der Waals surface area (Å²) in [6.07, 6.45) is 1.61. The summed E-state index contributed by atoms with van der Waals surface area (Å²) in [5.41, 5.74) is 0.557. The molecule has 0 unspecified atom stereocenters. The van der Waals surface area contributed by atoms with E-state index < -0.39 is 22.0 Å². The molecule has 0 saturated heterocycles. The zero-order valence-corrected chi connectivity index (χ0v) is 16.8. The van der Waals surface area contributed by atoms with Crippen molar-refractivity contribution in [3.05, 3.63) is 57.8 Å². The minimum atomic E-state index is -3.88. The van der Waals surface area contributed by atoms with E-state index in [1.807, 2.05) is 0 Å². The number of hydrogen-bond acceptors (Lipinski definition) is 4. The Bertz CT molecular complexity index is 903. The Hall–Kier alpha value is -1.67. The normalized spacial score (nSPS) is 12.8. The highest BCUT2D eigenvalue weighted by Crippen LogP contribution is 2.31. The van der Waals surface area contributed by atoms with E-state index in [4.69, 9.17) is 23.2 Å². The second-order valence-corrected chi connectivity index (χ2v) is 8.43. The molecule has 2 rings (SSSR count). The minimum absolute atomic E-state index is 0.0595. The minimum Gasteiger partial charge on any atom is -0.344 e. The van der Waals surface area contributed by atoms with Gasteiger partial charge in [-0.25, -0.2) is 13.1 Å². The van der Waals surface area contributed by atoms with E-state index in [-0.39, 0.29) is 26.5 Å². The average molecular weight is 416 g/mol. The number of aromatic nitrogens is 1. The molecule has 0 bridgehead atoms. The summed E-state index contributed by atoms with van der Waals surface area (Å²) in [4.78, 5) is 16.6. The van der Waals surface area contributed by atoms with E-state index in [1.165, 1.54) is 12.1 Å². The highest BCUT2D eigenvalue weighted by molar-refractivity contribution is 7.89. The van der Waals surface area contributed by atoms with E-state index in [9.17, 15) is 13.2 Å². The number of carbonyl (C=O) groups excluding carboxylic acids is 1. The number of halogens is 2. The van der Waals surface area contributed by atoms with Crippen molar-refractivity contribution < 1.29 is 13.2 Å². The molecule has 9 heteroatoms. The lowest BCUT2D eigenvalue weighted by Crippen LogP contribution is -2.31. The molecule has 0 aliphatic heterocycles. The summed E-state index contributed by atoms with van der Waals surface area (Å²) in [5, 5.41) is 2.56. The van der Waals surface area contributed by atoms with E-state index in [2.05, 4.69) is 15.0 Å². The molecule has 0 saturated carbocycles. The number of nitrogens with one attached hydrogen (secondary N) is 2. The van der Waals surface area contributed by atoms with Gasteiger partial charge in [-0.15, -0.1) is 0 Å². The third kappa shape index (κ3) is 4.73. The molecule has 1 heterocycles. The number of pyridine rings is 1. The molecule has 0 aliphatic carbocycles. The van der Waals surface area contributed by atoms with Crippen LogP contribution in [0.15, 0.2) is 41.4 Å². The number of rotatable bonds is 6. The lowest BCUT2D eigenvalue weighted by molar-refractivity contribution is 0.0939. The topological polar surface area (TPSA) is 88.2 Å². The Morgan fingerprint density at radius 3 is 2.38 bits per heavy atom. The second-order valence-electron chi connectivity index (χ2n) is 5.96. The second kappa shape index (κ2) is 8.35. The van der Waals surface area contributed by atoms with Crippen molar-refractivity contribution in [3.63, 3.8) is 0 Å². The largest absolute Gasteiger partial charge is 0.344 e. The van der Waals surface area contributed by atoms with Crippen LogP contribution in [0.1, 0.15) is 42.9 Å². The van der Waals surface area contributed by atoms with E-state index in [1.54, 1.807) is 45.2 Å². The lowest BCUT2D eigenvalue weighted by atomic mass is 10.1. The molecule has 0 radical (unpaired) electrons. The summed E-state index contributed by atoms with van der Waals surface area (Å²) in [7, 11) is -3.88. The maximum atomic E-state index is 12.6. The Balaban J connectivity index is 2.37. The van der Waals surface area contributed by atoms with Crippen molar-refractivity contribution in [3.8, 4) is 0 Å². The Kier molecular flexibility index (Phi) is 6.63. The molecule has 0 fully saturated rings. The fraction of sp³-hybridized carbons (Fsp3) is 0.294. The molecule has 2 aromatic rings. The smallest absolute Gasteiger partial charge is 0.254 e. The van der Waals surface area contributed by atoms with Gasteiger partial charge in [0.05, 0.1) is 27.3 Å². The summed E-state index contributed by atoms with van der Waals surface area (Å²) in [6.45, 7) is 5.12. The van der Waals surface area contributed by atoms with Gasteiger partial charge in [-0.1, -0.05) is 29.3 Å². The maximum Gasteiger partial charge on any atom is 0.254 e. The molecule has 26 heavy (non-hydrogen) atoms. The SMILES string of the molecule is CC(C)NS(=O)(=O)c1ccc(Cl)c(C(=O)N[C@H](C)c2ccccn2)c1Cl. The molecule has 140 valence electrons. The number of nitrogens with zero attached hydrogens (tertiary/aromatic N) is 1. The first-order valence-electron chi connectivity index (χ1n) is 7.85. The van der Waals surface area contributed by atoms with Gasteiger partial charge >= 0.3 is 0 Å². The van der Waals surface area contributed by atoms with Crippen LogP contribution in [0.4, 0.5) is 0 Å². The molecule has 1 atom stereocenters. The maximum absolute atomic E-state index is 12.6. The first kappa shape index (κ1) is 20.6. The molecular weight excluding hydrogens is 397 g/mol.